The molecule has 3 aromatic heterocycles. The molecule has 4 aromatic rings. The molecule has 0 spiro atoms. The van der Waals surface area contributed by atoms with Gasteiger partial charge in [0.25, 0.3) is 0 Å². The average Bonchev–Trinajstić information content (AvgIpc) is 3.06. The average molecular weight is 334 g/mol. The first-order valence-electron chi connectivity index (χ1n) is 7.82. The zero-order valence-corrected chi connectivity index (χ0v) is 13.5. The van der Waals surface area contributed by atoms with Crippen LogP contribution in [0.1, 0.15) is 18.5 Å². The molecule has 3 heterocycles. The van der Waals surface area contributed by atoms with E-state index < -0.39 is 0 Å². The molecule has 1 N–H and O–H groups in total. The van der Waals surface area contributed by atoms with E-state index in [1.807, 2.05) is 17.6 Å². The van der Waals surface area contributed by atoms with Crippen LogP contribution in [0.3, 0.4) is 0 Å². The van der Waals surface area contributed by atoms with Gasteiger partial charge in [-0.05, 0) is 30.7 Å². The molecule has 4 rings (SSSR count). The van der Waals surface area contributed by atoms with Crippen LogP contribution in [0.5, 0.6) is 0 Å². The lowest BCUT2D eigenvalue weighted by atomic mass is 10.1. The smallest absolute Gasteiger partial charge is 0.159 e. The maximum atomic E-state index is 13.1. The van der Waals surface area contributed by atoms with Crippen molar-refractivity contribution in [3.8, 4) is 5.82 Å². The molecule has 1 aromatic carbocycles. The van der Waals surface area contributed by atoms with E-state index in [1.165, 1.54) is 12.1 Å². The number of benzene rings is 1. The summed E-state index contributed by atoms with van der Waals surface area (Å²) in [4.78, 5) is 17.2. The molecule has 0 saturated heterocycles. The predicted molar refractivity (Wildman–Crippen MR) is 92.9 cm³/mol. The fraction of sp³-hybridized carbons (Fsp3) is 0.111. The van der Waals surface area contributed by atoms with Gasteiger partial charge < -0.3 is 5.32 Å². The van der Waals surface area contributed by atoms with E-state index in [2.05, 4.69) is 25.3 Å². The number of aromatic nitrogens is 5. The van der Waals surface area contributed by atoms with Crippen LogP contribution in [0, 0.1) is 5.82 Å². The quantitative estimate of drug-likeness (QED) is 0.618. The zero-order valence-electron chi connectivity index (χ0n) is 13.5. The molecule has 0 saturated carbocycles. The summed E-state index contributed by atoms with van der Waals surface area (Å²) in [5.41, 5.74) is 2.67. The van der Waals surface area contributed by atoms with E-state index in [1.54, 1.807) is 43.2 Å². The largest absolute Gasteiger partial charge is 0.362 e. The molecular formula is C18H15FN6. The van der Waals surface area contributed by atoms with Crippen molar-refractivity contribution in [2.24, 2.45) is 0 Å². The van der Waals surface area contributed by atoms with Gasteiger partial charge in [0.15, 0.2) is 5.82 Å². The summed E-state index contributed by atoms with van der Waals surface area (Å²) in [6, 6.07) is 8.24. The Balaban J connectivity index is 1.62. The van der Waals surface area contributed by atoms with Crippen LogP contribution in [0.2, 0.25) is 0 Å². The van der Waals surface area contributed by atoms with Crippen molar-refractivity contribution < 1.29 is 4.39 Å². The van der Waals surface area contributed by atoms with Crippen molar-refractivity contribution in [2.45, 2.75) is 13.0 Å². The summed E-state index contributed by atoms with van der Waals surface area (Å²) in [5, 5.41) is 3.29. The molecule has 0 aliphatic carbocycles. The van der Waals surface area contributed by atoms with Gasteiger partial charge in [-0.25, -0.2) is 14.4 Å². The van der Waals surface area contributed by atoms with Crippen LogP contribution in [-0.2, 0) is 0 Å². The molecule has 1 unspecified atom stereocenters. The number of hydrogen-bond acceptors (Lipinski definition) is 5. The number of rotatable bonds is 4. The van der Waals surface area contributed by atoms with Crippen molar-refractivity contribution in [1.82, 2.24) is 24.5 Å². The first kappa shape index (κ1) is 15.2. The van der Waals surface area contributed by atoms with Gasteiger partial charge in [-0.3, -0.25) is 14.5 Å². The number of anilines is 1. The van der Waals surface area contributed by atoms with Crippen molar-refractivity contribution in [3.63, 3.8) is 0 Å². The minimum atomic E-state index is -0.251. The summed E-state index contributed by atoms with van der Waals surface area (Å²) in [7, 11) is 0. The van der Waals surface area contributed by atoms with Crippen LogP contribution < -0.4 is 5.32 Å². The van der Waals surface area contributed by atoms with E-state index >= 15 is 0 Å². The molecular weight excluding hydrogens is 319 g/mol. The molecule has 0 radical (unpaired) electrons. The second-order valence-corrected chi connectivity index (χ2v) is 5.66. The second-order valence-electron chi connectivity index (χ2n) is 5.66. The highest BCUT2D eigenvalue weighted by Crippen LogP contribution is 2.20. The predicted octanol–water partition coefficient (Wildman–Crippen LogP) is 3.52. The number of nitrogens with one attached hydrogen (secondary N) is 1. The van der Waals surface area contributed by atoms with Crippen molar-refractivity contribution in [2.75, 3.05) is 5.32 Å². The Morgan fingerprint density at radius 2 is 1.88 bits per heavy atom. The standard InChI is InChI=1S/C18H15FN6/c1-12(13-2-4-14(19)5-3-13)23-17-9-21-10-18(24-17)25-11-22-15-8-20-7-6-16(15)25/h2-12H,1H3,(H,23,24). The third kappa shape index (κ3) is 3.03. The van der Waals surface area contributed by atoms with Gasteiger partial charge in [-0.15, -0.1) is 0 Å². The number of nitrogens with zero attached hydrogens (tertiary/aromatic N) is 5. The Kier molecular flexibility index (Phi) is 3.81. The van der Waals surface area contributed by atoms with Crippen molar-refractivity contribution in [1.29, 1.82) is 0 Å². The number of imidazole rings is 1. The SMILES string of the molecule is CC(Nc1cncc(-n2cnc3cnccc32)n1)c1ccc(F)cc1. The van der Waals surface area contributed by atoms with Crippen molar-refractivity contribution in [3.05, 3.63) is 72.8 Å². The Morgan fingerprint density at radius 3 is 2.72 bits per heavy atom. The van der Waals surface area contributed by atoms with E-state index in [9.17, 15) is 4.39 Å². The monoisotopic (exact) mass is 334 g/mol. The van der Waals surface area contributed by atoms with Crippen LogP contribution in [-0.4, -0.2) is 24.5 Å². The molecule has 0 aliphatic heterocycles. The first-order valence-corrected chi connectivity index (χ1v) is 7.82. The van der Waals surface area contributed by atoms with Crippen LogP contribution >= 0.6 is 0 Å². The lowest BCUT2D eigenvalue weighted by Gasteiger charge is -2.15. The Hall–Kier alpha value is -3.35. The molecule has 0 aliphatic rings. The molecule has 0 bridgehead atoms. The van der Waals surface area contributed by atoms with Crippen LogP contribution in [0.4, 0.5) is 10.2 Å². The van der Waals surface area contributed by atoms with Gasteiger partial charge in [-0.1, -0.05) is 12.1 Å². The number of halogens is 1. The summed E-state index contributed by atoms with van der Waals surface area (Å²) < 4.78 is 14.9. The van der Waals surface area contributed by atoms with Gasteiger partial charge in [-0.2, -0.15) is 0 Å². The number of hydrogen-bond donors (Lipinski definition) is 1. The van der Waals surface area contributed by atoms with Crippen LogP contribution in [0.15, 0.2) is 61.4 Å². The van der Waals surface area contributed by atoms with Gasteiger partial charge >= 0.3 is 0 Å². The van der Waals surface area contributed by atoms with E-state index in [-0.39, 0.29) is 11.9 Å². The highest BCUT2D eigenvalue weighted by molar-refractivity contribution is 5.75. The fourth-order valence-electron chi connectivity index (χ4n) is 2.64. The van der Waals surface area contributed by atoms with Gasteiger partial charge in [0, 0.05) is 12.2 Å². The molecule has 0 fully saturated rings. The van der Waals surface area contributed by atoms with Gasteiger partial charge in [0.1, 0.15) is 23.5 Å². The molecule has 6 nitrogen and oxygen atoms in total. The Morgan fingerprint density at radius 1 is 1.04 bits per heavy atom. The number of fused-ring (bicyclic) bond motifs is 1. The summed E-state index contributed by atoms with van der Waals surface area (Å²) in [6.07, 6.45) is 8.45. The second kappa shape index (κ2) is 6.27. The maximum absolute atomic E-state index is 13.1. The highest BCUT2D eigenvalue weighted by atomic mass is 19.1. The molecule has 124 valence electrons. The van der Waals surface area contributed by atoms with E-state index in [0.29, 0.717) is 11.6 Å². The lowest BCUT2D eigenvalue weighted by Crippen LogP contribution is -2.09. The van der Waals surface area contributed by atoms with E-state index in [0.717, 1.165) is 16.6 Å². The Labute approximate surface area is 143 Å². The van der Waals surface area contributed by atoms with Crippen LogP contribution in [0.25, 0.3) is 16.9 Å². The summed E-state index contributed by atoms with van der Waals surface area (Å²) in [5.74, 6) is 1.04. The Bertz CT molecular complexity index is 1010. The zero-order chi connectivity index (χ0) is 17.2. The lowest BCUT2D eigenvalue weighted by molar-refractivity contribution is 0.626. The third-order valence-electron chi connectivity index (χ3n) is 3.95. The maximum Gasteiger partial charge on any atom is 0.159 e. The summed E-state index contributed by atoms with van der Waals surface area (Å²) in [6.45, 7) is 1.99. The highest BCUT2D eigenvalue weighted by Gasteiger charge is 2.10. The number of pyridine rings is 1. The topological polar surface area (TPSA) is 68.5 Å². The minimum absolute atomic E-state index is 0.0334. The summed E-state index contributed by atoms with van der Waals surface area (Å²) >= 11 is 0. The first-order chi connectivity index (χ1) is 12.2. The van der Waals surface area contributed by atoms with Crippen molar-refractivity contribution >= 4 is 16.9 Å². The molecule has 7 heteroatoms. The normalized spacial score (nSPS) is 12.2. The third-order valence-corrected chi connectivity index (χ3v) is 3.95. The fourth-order valence-corrected chi connectivity index (χ4v) is 2.64. The molecule has 0 amide bonds. The molecule has 1 atom stereocenters. The minimum Gasteiger partial charge on any atom is -0.362 e. The van der Waals surface area contributed by atoms with E-state index in [4.69, 9.17) is 0 Å². The van der Waals surface area contributed by atoms with Gasteiger partial charge in [0.2, 0.25) is 0 Å². The van der Waals surface area contributed by atoms with Gasteiger partial charge in [0.05, 0.1) is 24.1 Å². The molecule has 25 heavy (non-hydrogen) atoms.